The Kier molecular flexibility index (Phi) is 8.43. The number of alkyl halides is 3. The number of nitrogens with one attached hydrogen (secondary N) is 2. The Labute approximate surface area is 206 Å². The standard InChI is InChI=1S/C25H31F4N3O4/c1-24(2,3)18-5-4-15(10-19(18)26)11-20(33)23(30-21(34)12-17-13-22(35)31-36-17)16-6-8-32(9-7-16)14-25(27,28)29/h4-5,10,13,16,23H,6-9,11-12,14H2,1-3H3,(H,30,34)(H,31,35)/t23-/m1/s1. The zero-order valence-electron chi connectivity index (χ0n) is 20.5. The predicted octanol–water partition coefficient (Wildman–Crippen LogP) is 3.52. The first-order valence-electron chi connectivity index (χ1n) is 11.8. The van der Waals surface area contributed by atoms with Crippen LogP contribution in [0.1, 0.15) is 50.5 Å². The molecule has 1 aliphatic rings. The topological polar surface area (TPSA) is 95.4 Å². The van der Waals surface area contributed by atoms with E-state index < -0.39 is 41.5 Å². The Bertz CT molecular complexity index is 1130. The Morgan fingerprint density at radius 3 is 2.33 bits per heavy atom. The van der Waals surface area contributed by atoms with Crippen LogP contribution >= 0.6 is 0 Å². The molecule has 0 saturated carbocycles. The highest BCUT2D eigenvalue weighted by Crippen LogP contribution is 2.28. The molecule has 0 bridgehead atoms. The third-order valence-corrected chi connectivity index (χ3v) is 6.30. The van der Waals surface area contributed by atoms with Crippen molar-refractivity contribution in [1.29, 1.82) is 0 Å². The third kappa shape index (κ3) is 7.78. The molecule has 0 aliphatic carbocycles. The smallest absolute Gasteiger partial charge is 0.383 e. The minimum Gasteiger partial charge on any atom is -0.383 e. The van der Waals surface area contributed by atoms with Crippen LogP contribution < -0.4 is 10.9 Å². The van der Waals surface area contributed by atoms with Crippen molar-refractivity contribution >= 4 is 11.7 Å². The van der Waals surface area contributed by atoms with Crippen molar-refractivity contribution in [2.75, 3.05) is 19.6 Å². The molecule has 2 heterocycles. The maximum Gasteiger partial charge on any atom is 0.401 e. The highest BCUT2D eigenvalue weighted by Gasteiger charge is 2.36. The summed E-state index contributed by atoms with van der Waals surface area (Å²) in [7, 11) is 0. The van der Waals surface area contributed by atoms with Gasteiger partial charge in [-0.15, -0.1) is 0 Å². The molecular formula is C25H31F4N3O4. The van der Waals surface area contributed by atoms with Crippen LogP contribution in [-0.2, 0) is 27.8 Å². The summed E-state index contributed by atoms with van der Waals surface area (Å²) in [5, 5.41) is 4.76. The van der Waals surface area contributed by atoms with E-state index in [1.165, 1.54) is 11.0 Å². The Morgan fingerprint density at radius 1 is 1.14 bits per heavy atom. The van der Waals surface area contributed by atoms with Crippen LogP contribution in [0.3, 0.4) is 0 Å². The Hall–Kier alpha value is -2.95. The minimum absolute atomic E-state index is 0.0866. The zero-order valence-corrected chi connectivity index (χ0v) is 20.5. The summed E-state index contributed by atoms with van der Waals surface area (Å²) in [5.41, 5.74) is 0.0217. The van der Waals surface area contributed by atoms with E-state index in [1.807, 2.05) is 20.8 Å². The summed E-state index contributed by atoms with van der Waals surface area (Å²) >= 11 is 0. The van der Waals surface area contributed by atoms with E-state index in [4.69, 9.17) is 4.52 Å². The average Bonchev–Trinajstić information content (AvgIpc) is 3.15. The van der Waals surface area contributed by atoms with Crippen molar-refractivity contribution in [2.24, 2.45) is 5.92 Å². The number of piperidine rings is 1. The van der Waals surface area contributed by atoms with Gasteiger partial charge < -0.3 is 9.84 Å². The number of H-pyrrole nitrogens is 1. The Balaban J connectivity index is 1.74. The molecule has 1 fully saturated rings. The molecule has 0 unspecified atom stereocenters. The molecule has 1 aromatic carbocycles. The number of hydrogen-bond acceptors (Lipinski definition) is 5. The molecule has 0 radical (unpaired) electrons. The first kappa shape index (κ1) is 27.6. The maximum atomic E-state index is 14.7. The van der Waals surface area contributed by atoms with E-state index in [2.05, 4.69) is 10.5 Å². The van der Waals surface area contributed by atoms with Crippen LogP contribution in [0.25, 0.3) is 0 Å². The SMILES string of the molecule is CC(C)(C)c1ccc(CC(=O)[C@H](NC(=O)Cc2cc(=O)[nH]o2)C2CCN(CC(F)(F)F)CC2)cc1F. The molecule has 1 amide bonds. The van der Waals surface area contributed by atoms with E-state index in [0.29, 0.717) is 11.1 Å². The van der Waals surface area contributed by atoms with Gasteiger partial charge in [0.25, 0.3) is 5.56 Å². The molecule has 1 aromatic heterocycles. The van der Waals surface area contributed by atoms with E-state index in [0.717, 1.165) is 6.07 Å². The lowest BCUT2D eigenvalue weighted by atomic mass is 9.83. The lowest BCUT2D eigenvalue weighted by Gasteiger charge is -2.36. The van der Waals surface area contributed by atoms with Gasteiger partial charge >= 0.3 is 6.18 Å². The lowest BCUT2D eigenvalue weighted by molar-refractivity contribution is -0.149. The maximum absolute atomic E-state index is 14.7. The quantitative estimate of drug-likeness (QED) is 0.527. The number of nitrogens with zero attached hydrogens (tertiary/aromatic N) is 1. The molecule has 36 heavy (non-hydrogen) atoms. The van der Waals surface area contributed by atoms with Gasteiger partial charge in [0.05, 0.1) is 19.0 Å². The second kappa shape index (κ2) is 11.0. The number of Topliss-reactive ketones (excluding diaryl/α,β-unsaturated/α-hetero) is 1. The van der Waals surface area contributed by atoms with Gasteiger partial charge in [-0.25, -0.2) is 4.39 Å². The molecule has 0 spiro atoms. The van der Waals surface area contributed by atoms with Gasteiger partial charge in [0, 0.05) is 12.5 Å². The molecule has 7 nitrogen and oxygen atoms in total. The molecule has 11 heteroatoms. The predicted molar refractivity (Wildman–Crippen MR) is 124 cm³/mol. The van der Waals surface area contributed by atoms with E-state index >= 15 is 0 Å². The second-order valence-electron chi connectivity index (χ2n) is 10.3. The van der Waals surface area contributed by atoms with Crippen molar-refractivity contribution in [3.63, 3.8) is 0 Å². The average molecular weight is 514 g/mol. The number of benzene rings is 1. The van der Waals surface area contributed by atoms with Gasteiger partial charge in [-0.3, -0.25) is 19.3 Å². The number of carbonyl (C=O) groups is 2. The number of halogens is 4. The van der Waals surface area contributed by atoms with Gasteiger partial charge in [0.15, 0.2) is 5.78 Å². The fraction of sp³-hybridized carbons (Fsp3) is 0.560. The van der Waals surface area contributed by atoms with E-state index in [-0.39, 0.29) is 56.2 Å². The van der Waals surface area contributed by atoms with Crippen molar-refractivity contribution in [1.82, 2.24) is 15.4 Å². The number of aromatic nitrogens is 1. The Morgan fingerprint density at radius 2 is 1.81 bits per heavy atom. The lowest BCUT2D eigenvalue weighted by Crippen LogP contribution is -2.51. The number of rotatable bonds is 8. The zero-order chi connectivity index (χ0) is 26.7. The van der Waals surface area contributed by atoms with Crippen molar-refractivity contribution in [2.45, 2.75) is 64.1 Å². The van der Waals surface area contributed by atoms with Crippen LogP contribution in [0, 0.1) is 11.7 Å². The molecule has 1 aliphatic heterocycles. The number of hydrogen-bond donors (Lipinski definition) is 2. The molecule has 2 N–H and O–H groups in total. The molecule has 1 saturated heterocycles. The normalized spacial score (nSPS) is 16.6. The van der Waals surface area contributed by atoms with E-state index in [9.17, 15) is 31.9 Å². The van der Waals surface area contributed by atoms with Crippen LogP contribution in [-0.4, -0.2) is 53.6 Å². The molecule has 2 aromatic rings. The first-order chi connectivity index (χ1) is 16.7. The number of carbonyl (C=O) groups excluding carboxylic acids is 2. The fourth-order valence-electron chi connectivity index (χ4n) is 4.54. The fourth-order valence-corrected chi connectivity index (χ4v) is 4.54. The highest BCUT2D eigenvalue weighted by molar-refractivity contribution is 5.91. The number of aromatic amines is 1. The molecule has 3 rings (SSSR count). The molecular weight excluding hydrogens is 482 g/mol. The molecule has 1 atom stereocenters. The first-order valence-corrected chi connectivity index (χ1v) is 11.8. The van der Waals surface area contributed by atoms with Gasteiger partial charge in [-0.2, -0.15) is 18.3 Å². The van der Waals surface area contributed by atoms with Gasteiger partial charge in [-0.1, -0.05) is 32.9 Å². The van der Waals surface area contributed by atoms with Crippen LogP contribution in [0.5, 0.6) is 0 Å². The number of ketones is 1. The van der Waals surface area contributed by atoms with Crippen LogP contribution in [0.15, 0.2) is 33.6 Å². The summed E-state index contributed by atoms with van der Waals surface area (Å²) in [4.78, 5) is 38.4. The largest absolute Gasteiger partial charge is 0.401 e. The summed E-state index contributed by atoms with van der Waals surface area (Å²) in [6.07, 6.45) is -4.19. The molecule has 198 valence electrons. The highest BCUT2D eigenvalue weighted by atomic mass is 19.4. The number of likely N-dealkylation sites (tertiary alicyclic amines) is 1. The summed E-state index contributed by atoms with van der Waals surface area (Å²) in [6.45, 7) is 4.85. The van der Waals surface area contributed by atoms with Crippen molar-refractivity contribution < 1.29 is 31.7 Å². The second-order valence-corrected chi connectivity index (χ2v) is 10.3. The summed E-state index contributed by atoms with van der Waals surface area (Å²) < 4.78 is 57.9. The summed E-state index contributed by atoms with van der Waals surface area (Å²) in [6, 6.07) is 4.75. The van der Waals surface area contributed by atoms with Crippen molar-refractivity contribution in [3.8, 4) is 0 Å². The monoisotopic (exact) mass is 513 g/mol. The van der Waals surface area contributed by atoms with Crippen LogP contribution in [0.4, 0.5) is 17.6 Å². The third-order valence-electron chi connectivity index (χ3n) is 6.30. The van der Waals surface area contributed by atoms with Gasteiger partial charge in [0.2, 0.25) is 5.91 Å². The number of amides is 1. The van der Waals surface area contributed by atoms with Gasteiger partial charge in [-0.05, 0) is 54.5 Å². The van der Waals surface area contributed by atoms with E-state index in [1.54, 1.807) is 12.1 Å². The van der Waals surface area contributed by atoms with Crippen molar-refractivity contribution in [3.05, 3.63) is 57.3 Å². The minimum atomic E-state index is -4.32. The van der Waals surface area contributed by atoms with Crippen LogP contribution in [0.2, 0.25) is 0 Å². The summed E-state index contributed by atoms with van der Waals surface area (Å²) in [5.74, 6) is -1.66. The van der Waals surface area contributed by atoms with Gasteiger partial charge in [0.1, 0.15) is 11.6 Å².